The van der Waals surface area contributed by atoms with Crippen molar-refractivity contribution in [2.45, 2.75) is 46.7 Å². The first-order valence-corrected chi connectivity index (χ1v) is 7.03. The quantitative estimate of drug-likeness (QED) is 0.909. The molecule has 0 saturated heterocycles. The van der Waals surface area contributed by atoms with Crippen LogP contribution in [-0.4, -0.2) is 16.5 Å². The molecule has 1 N–H and O–H groups in total. The molecule has 0 radical (unpaired) electrons. The zero-order valence-electron chi connectivity index (χ0n) is 12.6. The molecule has 4 nitrogen and oxygen atoms in total. The Bertz CT molecular complexity index is 582. The van der Waals surface area contributed by atoms with Gasteiger partial charge in [0.1, 0.15) is 5.76 Å². The molecule has 0 aliphatic heterocycles. The van der Waals surface area contributed by atoms with Crippen LogP contribution in [0.5, 0.6) is 0 Å². The summed E-state index contributed by atoms with van der Waals surface area (Å²) in [4.78, 5) is 12.3. The zero-order valence-corrected chi connectivity index (χ0v) is 12.6. The summed E-state index contributed by atoms with van der Waals surface area (Å²) in [5.74, 6) is 0.888. The molecule has 1 amide bonds. The summed E-state index contributed by atoms with van der Waals surface area (Å²) in [7, 11) is 0. The molecule has 0 aliphatic carbocycles. The molecular formula is C16H22N2O2. The lowest BCUT2D eigenvalue weighted by Crippen LogP contribution is -2.32. The van der Waals surface area contributed by atoms with Crippen LogP contribution in [0.3, 0.4) is 0 Å². The standard InChI is InChI=1S/C16H22N2O2/c1-5-11(2)17-16(19)15-9-12(3)18(13(15)4)10-14-7-6-8-20-14/h6-9,11H,5,10H2,1-4H3,(H,17,19). The van der Waals surface area contributed by atoms with Crippen molar-refractivity contribution in [3.63, 3.8) is 0 Å². The first-order valence-electron chi connectivity index (χ1n) is 7.03. The van der Waals surface area contributed by atoms with Crippen LogP contribution in [0.25, 0.3) is 0 Å². The van der Waals surface area contributed by atoms with Crippen LogP contribution in [0, 0.1) is 13.8 Å². The van der Waals surface area contributed by atoms with Gasteiger partial charge in [0.05, 0.1) is 18.4 Å². The van der Waals surface area contributed by atoms with E-state index in [-0.39, 0.29) is 11.9 Å². The average molecular weight is 274 g/mol. The van der Waals surface area contributed by atoms with E-state index in [1.807, 2.05) is 39.0 Å². The Labute approximate surface area is 119 Å². The van der Waals surface area contributed by atoms with Crippen molar-refractivity contribution in [2.75, 3.05) is 0 Å². The minimum atomic E-state index is -0.00172. The second kappa shape index (κ2) is 5.99. The molecule has 0 aliphatic rings. The smallest absolute Gasteiger partial charge is 0.253 e. The highest BCUT2D eigenvalue weighted by Crippen LogP contribution is 2.17. The van der Waals surface area contributed by atoms with E-state index in [2.05, 4.69) is 16.8 Å². The molecule has 0 bridgehead atoms. The van der Waals surface area contributed by atoms with E-state index in [1.54, 1.807) is 6.26 Å². The molecule has 0 spiro atoms. The number of carbonyl (C=O) groups is 1. The third-order valence-electron chi connectivity index (χ3n) is 3.70. The fourth-order valence-corrected chi connectivity index (χ4v) is 2.24. The number of hydrogen-bond donors (Lipinski definition) is 1. The lowest BCUT2D eigenvalue weighted by Gasteiger charge is -2.12. The fraction of sp³-hybridized carbons (Fsp3) is 0.438. The first-order chi connectivity index (χ1) is 9.52. The summed E-state index contributed by atoms with van der Waals surface area (Å²) in [5.41, 5.74) is 2.78. The summed E-state index contributed by atoms with van der Waals surface area (Å²) in [6, 6.07) is 5.95. The Hall–Kier alpha value is -1.97. The minimum absolute atomic E-state index is 0.00172. The number of aromatic nitrogens is 1. The molecule has 0 fully saturated rings. The molecule has 4 heteroatoms. The second-order valence-corrected chi connectivity index (χ2v) is 5.23. The van der Waals surface area contributed by atoms with Crippen molar-refractivity contribution in [3.05, 3.63) is 47.2 Å². The highest BCUT2D eigenvalue weighted by molar-refractivity contribution is 5.95. The molecular weight excluding hydrogens is 252 g/mol. The summed E-state index contributed by atoms with van der Waals surface area (Å²) < 4.78 is 7.48. The van der Waals surface area contributed by atoms with E-state index in [9.17, 15) is 4.79 Å². The molecule has 2 heterocycles. The molecule has 2 aromatic rings. The highest BCUT2D eigenvalue weighted by atomic mass is 16.3. The Kier molecular flexibility index (Phi) is 4.32. The molecule has 2 rings (SSSR count). The molecule has 0 saturated carbocycles. The predicted octanol–water partition coefficient (Wildman–Crippen LogP) is 3.27. The lowest BCUT2D eigenvalue weighted by atomic mass is 10.2. The monoisotopic (exact) mass is 274 g/mol. The van der Waals surface area contributed by atoms with Crippen LogP contribution >= 0.6 is 0 Å². The van der Waals surface area contributed by atoms with Crippen molar-refractivity contribution in [3.8, 4) is 0 Å². The SMILES string of the molecule is CCC(C)NC(=O)c1cc(C)n(Cc2ccco2)c1C. The van der Waals surface area contributed by atoms with Crippen LogP contribution in [0.1, 0.15) is 47.8 Å². The van der Waals surface area contributed by atoms with Gasteiger partial charge in [-0.25, -0.2) is 0 Å². The number of furan rings is 1. The number of nitrogens with zero attached hydrogens (tertiary/aromatic N) is 1. The van der Waals surface area contributed by atoms with Crippen LogP contribution in [0.4, 0.5) is 0 Å². The Balaban J connectivity index is 2.22. The van der Waals surface area contributed by atoms with Gasteiger partial charge in [0, 0.05) is 17.4 Å². The van der Waals surface area contributed by atoms with Crippen LogP contribution in [0.15, 0.2) is 28.9 Å². The van der Waals surface area contributed by atoms with Gasteiger partial charge in [0.15, 0.2) is 0 Å². The van der Waals surface area contributed by atoms with Gasteiger partial charge in [-0.1, -0.05) is 6.92 Å². The van der Waals surface area contributed by atoms with Crippen molar-refractivity contribution in [1.29, 1.82) is 0 Å². The van der Waals surface area contributed by atoms with E-state index in [4.69, 9.17) is 4.42 Å². The van der Waals surface area contributed by atoms with Gasteiger partial charge in [0.25, 0.3) is 5.91 Å². The Morgan fingerprint density at radius 2 is 2.20 bits per heavy atom. The number of amides is 1. The van der Waals surface area contributed by atoms with E-state index in [0.29, 0.717) is 6.54 Å². The van der Waals surface area contributed by atoms with Crippen LogP contribution < -0.4 is 5.32 Å². The third kappa shape index (κ3) is 2.95. The van der Waals surface area contributed by atoms with Gasteiger partial charge in [-0.2, -0.15) is 0 Å². The largest absolute Gasteiger partial charge is 0.467 e. The topological polar surface area (TPSA) is 47.2 Å². The summed E-state index contributed by atoms with van der Waals surface area (Å²) in [5, 5.41) is 3.01. The summed E-state index contributed by atoms with van der Waals surface area (Å²) >= 11 is 0. The highest BCUT2D eigenvalue weighted by Gasteiger charge is 2.17. The minimum Gasteiger partial charge on any atom is -0.467 e. The third-order valence-corrected chi connectivity index (χ3v) is 3.70. The summed E-state index contributed by atoms with van der Waals surface area (Å²) in [6.45, 7) is 8.71. The maximum atomic E-state index is 12.3. The van der Waals surface area contributed by atoms with Gasteiger partial charge in [-0.3, -0.25) is 4.79 Å². The van der Waals surface area contributed by atoms with Crippen molar-refractivity contribution < 1.29 is 9.21 Å². The predicted molar refractivity (Wildman–Crippen MR) is 78.9 cm³/mol. The molecule has 20 heavy (non-hydrogen) atoms. The van der Waals surface area contributed by atoms with Crippen LogP contribution in [-0.2, 0) is 6.54 Å². The molecule has 1 unspecified atom stereocenters. The molecule has 2 aromatic heterocycles. The Morgan fingerprint density at radius 3 is 2.80 bits per heavy atom. The molecule has 108 valence electrons. The van der Waals surface area contributed by atoms with E-state index in [0.717, 1.165) is 29.1 Å². The zero-order chi connectivity index (χ0) is 14.7. The van der Waals surface area contributed by atoms with Gasteiger partial charge in [0.2, 0.25) is 0 Å². The van der Waals surface area contributed by atoms with E-state index in [1.165, 1.54) is 0 Å². The molecule has 0 aromatic carbocycles. The first kappa shape index (κ1) is 14.4. The van der Waals surface area contributed by atoms with Gasteiger partial charge >= 0.3 is 0 Å². The van der Waals surface area contributed by atoms with Crippen molar-refractivity contribution in [1.82, 2.24) is 9.88 Å². The average Bonchev–Trinajstić information content (AvgIpc) is 3.02. The lowest BCUT2D eigenvalue weighted by molar-refractivity contribution is 0.0938. The maximum absolute atomic E-state index is 12.3. The number of rotatable bonds is 5. The van der Waals surface area contributed by atoms with Crippen molar-refractivity contribution in [2.24, 2.45) is 0 Å². The summed E-state index contributed by atoms with van der Waals surface area (Å²) in [6.07, 6.45) is 2.59. The van der Waals surface area contributed by atoms with Gasteiger partial charge < -0.3 is 14.3 Å². The van der Waals surface area contributed by atoms with E-state index < -0.39 is 0 Å². The van der Waals surface area contributed by atoms with Crippen LogP contribution in [0.2, 0.25) is 0 Å². The number of carbonyl (C=O) groups excluding carboxylic acids is 1. The second-order valence-electron chi connectivity index (χ2n) is 5.23. The van der Waals surface area contributed by atoms with Gasteiger partial charge in [-0.05, 0) is 45.4 Å². The van der Waals surface area contributed by atoms with E-state index >= 15 is 0 Å². The van der Waals surface area contributed by atoms with Crippen molar-refractivity contribution >= 4 is 5.91 Å². The Morgan fingerprint density at radius 1 is 1.45 bits per heavy atom. The fourth-order valence-electron chi connectivity index (χ4n) is 2.24. The van der Waals surface area contributed by atoms with Gasteiger partial charge in [-0.15, -0.1) is 0 Å². The number of aryl methyl sites for hydroxylation is 1. The maximum Gasteiger partial charge on any atom is 0.253 e. The number of hydrogen-bond acceptors (Lipinski definition) is 2. The molecule has 1 atom stereocenters. The normalized spacial score (nSPS) is 12.4. The number of nitrogens with one attached hydrogen (secondary N) is 1.